The highest BCUT2D eigenvalue weighted by Crippen LogP contribution is 2.45. The molecule has 0 spiro atoms. The molecule has 148 valence electrons. The predicted molar refractivity (Wildman–Crippen MR) is 109 cm³/mol. The van der Waals surface area contributed by atoms with Gasteiger partial charge in [0.15, 0.2) is 0 Å². The molecule has 0 aliphatic carbocycles. The van der Waals surface area contributed by atoms with Crippen LogP contribution in [-0.2, 0) is 14.8 Å². The standard InChI is InChI=1S/C21H25N3O3S/c1-14-4-9-20-18(12-14)19-13-23(3)11-10-21(19)24(20)28(26,27)17-7-5-16(6-8-17)22-15(2)25/h4-9,12,19,21H,10-11,13H2,1-3H3,(H,22,25)/p+1/t19-,21-/m0/s1. The number of nitrogens with one attached hydrogen (secondary N) is 2. The van der Waals surface area contributed by atoms with Gasteiger partial charge in [-0.25, -0.2) is 8.42 Å². The first-order chi connectivity index (χ1) is 13.3. The zero-order chi connectivity index (χ0) is 20.1. The first kappa shape index (κ1) is 19.0. The summed E-state index contributed by atoms with van der Waals surface area (Å²) < 4.78 is 28.8. The number of rotatable bonds is 3. The second-order valence-electron chi connectivity index (χ2n) is 7.94. The molecule has 2 N–H and O–H groups in total. The van der Waals surface area contributed by atoms with Crippen LogP contribution in [0.4, 0.5) is 11.4 Å². The Kier molecular flexibility index (Phi) is 4.67. The number of anilines is 2. The van der Waals surface area contributed by atoms with Gasteiger partial charge < -0.3 is 10.2 Å². The molecule has 1 fully saturated rings. The lowest BCUT2D eigenvalue weighted by Gasteiger charge is -2.34. The van der Waals surface area contributed by atoms with Crippen molar-refractivity contribution in [1.29, 1.82) is 0 Å². The highest BCUT2D eigenvalue weighted by molar-refractivity contribution is 7.92. The van der Waals surface area contributed by atoms with Gasteiger partial charge in [-0.1, -0.05) is 17.7 Å². The average Bonchev–Trinajstić information content (AvgIpc) is 2.95. The van der Waals surface area contributed by atoms with Gasteiger partial charge in [-0.05, 0) is 42.8 Å². The van der Waals surface area contributed by atoms with Crippen LogP contribution in [0, 0.1) is 6.92 Å². The molecule has 3 atom stereocenters. The number of benzene rings is 2. The van der Waals surface area contributed by atoms with Crippen LogP contribution in [0.15, 0.2) is 47.4 Å². The van der Waals surface area contributed by atoms with Crippen molar-refractivity contribution in [3.8, 4) is 0 Å². The van der Waals surface area contributed by atoms with Crippen LogP contribution >= 0.6 is 0 Å². The molecule has 28 heavy (non-hydrogen) atoms. The minimum Gasteiger partial charge on any atom is -0.337 e. The number of likely N-dealkylation sites (N-methyl/N-ethyl adjacent to an activating group) is 1. The maximum absolute atomic E-state index is 13.6. The van der Waals surface area contributed by atoms with Gasteiger partial charge in [0.2, 0.25) is 5.91 Å². The Labute approximate surface area is 166 Å². The molecule has 2 heterocycles. The summed E-state index contributed by atoms with van der Waals surface area (Å²) in [5.74, 6) is 0.0354. The van der Waals surface area contributed by atoms with Crippen molar-refractivity contribution in [3.05, 3.63) is 53.6 Å². The molecule has 2 aromatic carbocycles. The van der Waals surface area contributed by atoms with Crippen LogP contribution in [0.25, 0.3) is 0 Å². The highest BCUT2D eigenvalue weighted by Gasteiger charge is 2.48. The fourth-order valence-corrected chi connectivity index (χ4v) is 6.23. The molecule has 1 saturated heterocycles. The fraction of sp³-hybridized carbons (Fsp3) is 0.381. The van der Waals surface area contributed by atoms with Crippen LogP contribution in [0.3, 0.4) is 0 Å². The van der Waals surface area contributed by atoms with E-state index < -0.39 is 10.0 Å². The molecule has 6 nitrogen and oxygen atoms in total. The van der Waals surface area contributed by atoms with E-state index in [9.17, 15) is 13.2 Å². The van der Waals surface area contributed by atoms with Crippen LogP contribution in [0.1, 0.15) is 30.4 Å². The second kappa shape index (κ2) is 6.90. The van der Waals surface area contributed by atoms with Crippen molar-refractivity contribution in [3.63, 3.8) is 0 Å². The maximum atomic E-state index is 13.6. The number of carbonyl (C=O) groups is 1. The molecule has 2 aromatic rings. The number of hydrogen-bond donors (Lipinski definition) is 2. The van der Waals surface area contributed by atoms with Gasteiger partial charge >= 0.3 is 0 Å². The van der Waals surface area contributed by atoms with Gasteiger partial charge in [0.25, 0.3) is 10.0 Å². The van der Waals surface area contributed by atoms with Crippen molar-refractivity contribution in [2.24, 2.45) is 0 Å². The average molecular weight is 401 g/mol. The lowest BCUT2D eigenvalue weighted by atomic mass is 9.89. The minimum absolute atomic E-state index is 0.0412. The molecule has 2 aliphatic rings. The van der Waals surface area contributed by atoms with E-state index in [4.69, 9.17) is 0 Å². The van der Waals surface area contributed by atoms with Gasteiger partial charge in [0.1, 0.15) is 0 Å². The number of fused-ring (bicyclic) bond motifs is 3. The monoisotopic (exact) mass is 400 g/mol. The molecule has 0 radical (unpaired) electrons. The summed E-state index contributed by atoms with van der Waals surface area (Å²) in [6, 6.07) is 12.4. The molecule has 2 aliphatic heterocycles. The van der Waals surface area contributed by atoms with Gasteiger partial charge in [-0.3, -0.25) is 9.10 Å². The largest absolute Gasteiger partial charge is 0.337 e. The summed E-state index contributed by atoms with van der Waals surface area (Å²) in [5, 5.41) is 2.67. The van der Waals surface area contributed by atoms with Crippen LogP contribution in [0.2, 0.25) is 0 Å². The Morgan fingerprint density at radius 2 is 1.89 bits per heavy atom. The quantitative estimate of drug-likeness (QED) is 0.821. The fourth-order valence-electron chi connectivity index (χ4n) is 4.49. The third-order valence-corrected chi connectivity index (χ3v) is 7.61. The Morgan fingerprint density at radius 1 is 1.18 bits per heavy atom. The Hall–Kier alpha value is -2.38. The number of aryl methyl sites for hydroxylation is 1. The van der Waals surface area contributed by atoms with Crippen molar-refractivity contribution in [2.75, 3.05) is 29.8 Å². The maximum Gasteiger partial charge on any atom is 0.264 e. The molecular weight excluding hydrogens is 374 g/mol. The van der Waals surface area contributed by atoms with Crippen molar-refractivity contribution >= 4 is 27.3 Å². The van der Waals surface area contributed by atoms with Crippen LogP contribution in [0.5, 0.6) is 0 Å². The molecule has 1 amide bonds. The first-order valence-electron chi connectivity index (χ1n) is 9.61. The smallest absolute Gasteiger partial charge is 0.264 e. The summed E-state index contributed by atoms with van der Waals surface area (Å²) in [6.45, 7) is 5.37. The second-order valence-corrected chi connectivity index (χ2v) is 9.76. The lowest BCUT2D eigenvalue weighted by Crippen LogP contribution is -3.11. The summed E-state index contributed by atoms with van der Waals surface area (Å²) in [5.41, 5.74) is 3.69. The number of quaternary nitrogens is 1. The van der Waals surface area contributed by atoms with Crippen molar-refractivity contribution < 1.29 is 18.1 Å². The van der Waals surface area contributed by atoms with Gasteiger partial charge in [0, 0.05) is 19.0 Å². The zero-order valence-electron chi connectivity index (χ0n) is 16.4. The lowest BCUT2D eigenvalue weighted by molar-refractivity contribution is -0.886. The molecule has 0 aromatic heterocycles. The summed E-state index contributed by atoms with van der Waals surface area (Å²) >= 11 is 0. The Balaban J connectivity index is 1.75. The van der Waals surface area contributed by atoms with Crippen LogP contribution in [-0.4, -0.2) is 40.5 Å². The molecule has 0 saturated carbocycles. The molecule has 1 unspecified atom stereocenters. The Bertz CT molecular complexity index is 1020. The number of carbonyl (C=O) groups excluding carboxylic acids is 1. The SMILES string of the molecule is CC(=O)Nc1ccc(S(=O)(=O)N2c3ccc(C)cc3[C@@H]3C[NH+](C)CC[C@@H]32)cc1. The van der Waals surface area contributed by atoms with Crippen molar-refractivity contribution in [1.82, 2.24) is 0 Å². The zero-order valence-corrected chi connectivity index (χ0v) is 17.2. The minimum atomic E-state index is -3.69. The third kappa shape index (κ3) is 3.18. The van der Waals surface area contributed by atoms with E-state index in [1.165, 1.54) is 11.8 Å². The highest BCUT2D eigenvalue weighted by atomic mass is 32.2. The molecular formula is C21H26N3O3S+. The summed E-state index contributed by atoms with van der Waals surface area (Å²) in [7, 11) is -1.52. The molecule has 7 heteroatoms. The van der Waals surface area contributed by atoms with E-state index in [1.54, 1.807) is 28.6 Å². The van der Waals surface area contributed by atoms with Gasteiger partial charge in [0.05, 0.1) is 42.7 Å². The first-order valence-corrected chi connectivity index (χ1v) is 11.1. The third-order valence-electron chi connectivity index (χ3n) is 5.75. The molecule has 0 bridgehead atoms. The number of likely N-dealkylation sites (tertiary alicyclic amines) is 1. The normalized spacial score (nSPS) is 23.8. The van der Waals surface area contributed by atoms with E-state index in [1.807, 2.05) is 19.1 Å². The van der Waals surface area contributed by atoms with E-state index >= 15 is 0 Å². The number of sulfonamides is 1. The van der Waals surface area contributed by atoms with Crippen LogP contribution < -0.4 is 14.5 Å². The number of hydrogen-bond acceptors (Lipinski definition) is 3. The topological polar surface area (TPSA) is 70.9 Å². The van der Waals surface area contributed by atoms with Gasteiger partial charge in [-0.15, -0.1) is 0 Å². The summed E-state index contributed by atoms with van der Waals surface area (Å²) in [4.78, 5) is 12.9. The van der Waals surface area contributed by atoms with E-state index in [2.05, 4.69) is 18.4 Å². The molecule has 4 rings (SSSR count). The predicted octanol–water partition coefficient (Wildman–Crippen LogP) is 1.53. The number of amides is 1. The number of piperidine rings is 1. The number of nitrogens with zero attached hydrogens (tertiary/aromatic N) is 1. The van der Waals surface area contributed by atoms with E-state index in [0.29, 0.717) is 5.69 Å². The Morgan fingerprint density at radius 3 is 2.57 bits per heavy atom. The van der Waals surface area contributed by atoms with E-state index in [-0.39, 0.29) is 22.8 Å². The van der Waals surface area contributed by atoms with Crippen molar-refractivity contribution in [2.45, 2.75) is 37.1 Å². The van der Waals surface area contributed by atoms with E-state index in [0.717, 1.165) is 36.3 Å². The summed E-state index contributed by atoms with van der Waals surface area (Å²) in [6.07, 6.45) is 0.841. The van der Waals surface area contributed by atoms with Gasteiger partial charge in [-0.2, -0.15) is 0 Å².